The van der Waals surface area contributed by atoms with Gasteiger partial charge in [0.25, 0.3) is 0 Å². The summed E-state index contributed by atoms with van der Waals surface area (Å²) >= 11 is 4.18. The van der Waals surface area contributed by atoms with Gasteiger partial charge in [0.1, 0.15) is 5.75 Å². The van der Waals surface area contributed by atoms with Crippen LogP contribution in [0.15, 0.2) is 42.5 Å². The highest BCUT2D eigenvalue weighted by Gasteiger charge is 2.02. The van der Waals surface area contributed by atoms with Gasteiger partial charge in [-0.05, 0) is 30.7 Å². The van der Waals surface area contributed by atoms with Gasteiger partial charge < -0.3 is 10.5 Å². The van der Waals surface area contributed by atoms with Crippen LogP contribution in [0, 0.1) is 0 Å². The highest BCUT2D eigenvalue weighted by atomic mass is 32.1. The summed E-state index contributed by atoms with van der Waals surface area (Å²) in [6.45, 7) is 0.743. The Morgan fingerprint density at radius 2 is 1.84 bits per heavy atom. The van der Waals surface area contributed by atoms with Crippen molar-refractivity contribution in [1.82, 2.24) is 0 Å². The predicted molar refractivity (Wildman–Crippen MR) is 85.1 cm³/mol. The average Bonchev–Trinajstić information content (AvgIpc) is 2.46. The second kappa shape index (κ2) is 7.41. The van der Waals surface area contributed by atoms with Crippen LogP contribution in [0.1, 0.15) is 19.3 Å². The summed E-state index contributed by atoms with van der Waals surface area (Å²) in [4.78, 5) is 0. The van der Waals surface area contributed by atoms with Gasteiger partial charge in [0.15, 0.2) is 0 Å². The molecule has 102 valence electrons. The molecule has 2 rings (SSSR count). The van der Waals surface area contributed by atoms with Crippen LogP contribution >= 0.6 is 12.6 Å². The van der Waals surface area contributed by atoms with Gasteiger partial charge in [-0.3, -0.25) is 0 Å². The number of hydrogen-bond acceptors (Lipinski definition) is 3. The van der Waals surface area contributed by atoms with Gasteiger partial charge in [0, 0.05) is 17.2 Å². The van der Waals surface area contributed by atoms with Gasteiger partial charge in [-0.2, -0.15) is 12.6 Å². The number of ether oxygens (including phenoxy) is 1. The molecule has 3 heteroatoms. The van der Waals surface area contributed by atoms with E-state index in [1.54, 1.807) is 0 Å². The second-order valence-electron chi connectivity index (χ2n) is 4.76. The first-order valence-electron chi connectivity index (χ1n) is 6.78. The zero-order valence-electron chi connectivity index (χ0n) is 11.1. The van der Waals surface area contributed by atoms with Crippen LogP contribution < -0.4 is 10.5 Å². The van der Waals surface area contributed by atoms with Gasteiger partial charge in [-0.25, -0.2) is 0 Å². The summed E-state index contributed by atoms with van der Waals surface area (Å²) in [6.07, 6.45) is 3.14. The van der Waals surface area contributed by atoms with E-state index in [0.717, 1.165) is 37.4 Å². The summed E-state index contributed by atoms with van der Waals surface area (Å²) in [6, 6.07) is 14.7. The molecule has 19 heavy (non-hydrogen) atoms. The molecule has 0 aliphatic carbocycles. The van der Waals surface area contributed by atoms with E-state index >= 15 is 0 Å². The highest BCUT2D eigenvalue weighted by molar-refractivity contribution is 7.80. The Hall–Kier alpha value is -1.19. The number of thiol groups is 1. The Bertz CT molecular complexity index is 510. The summed E-state index contributed by atoms with van der Waals surface area (Å²) < 4.78 is 5.87. The third-order valence-corrected chi connectivity index (χ3v) is 3.68. The van der Waals surface area contributed by atoms with Crippen molar-refractivity contribution in [3.63, 3.8) is 0 Å². The van der Waals surface area contributed by atoms with Crippen LogP contribution in [0.2, 0.25) is 0 Å². The number of hydrogen-bond donors (Lipinski definition) is 2. The fraction of sp³-hybridized carbons (Fsp3) is 0.375. The Kier molecular flexibility index (Phi) is 5.55. The fourth-order valence-corrected chi connectivity index (χ4v) is 2.29. The van der Waals surface area contributed by atoms with E-state index in [1.807, 2.05) is 24.3 Å². The zero-order valence-corrected chi connectivity index (χ0v) is 12.0. The van der Waals surface area contributed by atoms with Crippen LogP contribution in [-0.4, -0.2) is 18.4 Å². The Balaban J connectivity index is 1.85. The molecule has 0 fully saturated rings. The van der Waals surface area contributed by atoms with Gasteiger partial charge in [-0.1, -0.05) is 36.4 Å². The lowest BCUT2D eigenvalue weighted by Crippen LogP contribution is -2.21. The van der Waals surface area contributed by atoms with E-state index in [2.05, 4.69) is 30.8 Å². The van der Waals surface area contributed by atoms with Crippen molar-refractivity contribution in [2.75, 3.05) is 12.4 Å². The van der Waals surface area contributed by atoms with E-state index in [0.29, 0.717) is 0 Å². The maximum absolute atomic E-state index is 5.87. The standard InChI is InChI=1S/C16H21NOS/c17-14(12-19)8-3-4-11-18-16-10-5-7-13-6-1-2-9-15(13)16/h1-2,5-7,9-10,14,19H,3-4,8,11-12,17H2. The smallest absolute Gasteiger partial charge is 0.127 e. The normalized spacial score (nSPS) is 12.5. The van der Waals surface area contributed by atoms with Gasteiger partial charge >= 0.3 is 0 Å². The van der Waals surface area contributed by atoms with Crippen LogP contribution in [-0.2, 0) is 0 Å². The van der Waals surface area contributed by atoms with E-state index < -0.39 is 0 Å². The second-order valence-corrected chi connectivity index (χ2v) is 5.13. The molecule has 0 spiro atoms. The minimum Gasteiger partial charge on any atom is -0.493 e. The lowest BCUT2D eigenvalue weighted by molar-refractivity contribution is 0.307. The Morgan fingerprint density at radius 3 is 2.68 bits per heavy atom. The Morgan fingerprint density at radius 1 is 1.05 bits per heavy atom. The van der Waals surface area contributed by atoms with E-state index in [4.69, 9.17) is 10.5 Å². The molecule has 0 amide bonds. The maximum Gasteiger partial charge on any atom is 0.127 e. The Labute approximate surface area is 120 Å². The number of rotatable bonds is 7. The van der Waals surface area contributed by atoms with Crippen LogP contribution in [0.25, 0.3) is 10.8 Å². The first-order valence-corrected chi connectivity index (χ1v) is 7.41. The molecule has 0 saturated carbocycles. The van der Waals surface area contributed by atoms with Crippen molar-refractivity contribution in [3.8, 4) is 5.75 Å². The molecule has 1 unspecified atom stereocenters. The number of nitrogens with two attached hydrogens (primary N) is 1. The zero-order chi connectivity index (χ0) is 13.5. The molecule has 2 aromatic rings. The molecule has 0 aromatic heterocycles. The van der Waals surface area contributed by atoms with Crippen molar-refractivity contribution in [1.29, 1.82) is 0 Å². The molecular formula is C16H21NOS. The predicted octanol–water partition coefficient (Wildman–Crippen LogP) is 3.65. The molecule has 2 aromatic carbocycles. The third kappa shape index (κ3) is 4.15. The summed E-state index contributed by atoms with van der Waals surface area (Å²) in [5.74, 6) is 1.72. The number of fused-ring (bicyclic) bond motifs is 1. The quantitative estimate of drug-likeness (QED) is 0.597. The lowest BCUT2D eigenvalue weighted by Gasteiger charge is -2.10. The van der Waals surface area contributed by atoms with Crippen LogP contribution in [0.4, 0.5) is 0 Å². The molecule has 0 bridgehead atoms. The van der Waals surface area contributed by atoms with Crippen molar-refractivity contribution in [3.05, 3.63) is 42.5 Å². The summed E-state index contributed by atoms with van der Waals surface area (Å²) in [5.41, 5.74) is 5.82. The maximum atomic E-state index is 5.87. The summed E-state index contributed by atoms with van der Waals surface area (Å²) in [5, 5.41) is 2.40. The molecule has 0 heterocycles. The van der Waals surface area contributed by atoms with E-state index in [-0.39, 0.29) is 6.04 Å². The molecule has 0 aliphatic heterocycles. The van der Waals surface area contributed by atoms with Crippen LogP contribution in [0.5, 0.6) is 5.75 Å². The van der Waals surface area contributed by atoms with Gasteiger partial charge in [0.2, 0.25) is 0 Å². The number of benzene rings is 2. The molecule has 0 saturated heterocycles. The van der Waals surface area contributed by atoms with Crippen molar-refractivity contribution < 1.29 is 4.74 Å². The minimum absolute atomic E-state index is 0.209. The first kappa shape index (κ1) is 14.2. The molecular weight excluding hydrogens is 254 g/mol. The fourth-order valence-electron chi connectivity index (χ4n) is 2.10. The molecule has 0 aliphatic rings. The SMILES string of the molecule is NC(CS)CCCCOc1cccc2ccccc12. The van der Waals surface area contributed by atoms with Crippen LogP contribution in [0.3, 0.4) is 0 Å². The van der Waals surface area contributed by atoms with Crippen molar-refractivity contribution in [2.45, 2.75) is 25.3 Å². The monoisotopic (exact) mass is 275 g/mol. The molecule has 1 atom stereocenters. The van der Waals surface area contributed by atoms with E-state index in [9.17, 15) is 0 Å². The van der Waals surface area contributed by atoms with Gasteiger partial charge in [0.05, 0.1) is 6.61 Å². The summed E-state index contributed by atoms with van der Waals surface area (Å²) in [7, 11) is 0. The van der Waals surface area contributed by atoms with Gasteiger partial charge in [-0.15, -0.1) is 0 Å². The highest BCUT2D eigenvalue weighted by Crippen LogP contribution is 2.25. The molecule has 2 N–H and O–H groups in total. The van der Waals surface area contributed by atoms with Crippen molar-refractivity contribution in [2.24, 2.45) is 5.73 Å². The van der Waals surface area contributed by atoms with Crippen molar-refractivity contribution >= 4 is 23.4 Å². The average molecular weight is 275 g/mol. The topological polar surface area (TPSA) is 35.2 Å². The largest absolute Gasteiger partial charge is 0.493 e. The molecule has 0 radical (unpaired) electrons. The molecule has 2 nitrogen and oxygen atoms in total. The third-order valence-electron chi connectivity index (χ3n) is 3.21. The first-order chi connectivity index (χ1) is 9.31. The van der Waals surface area contributed by atoms with E-state index in [1.165, 1.54) is 10.8 Å². The number of unbranched alkanes of at least 4 members (excludes halogenated alkanes) is 1. The lowest BCUT2D eigenvalue weighted by atomic mass is 10.1. The minimum atomic E-state index is 0.209.